The van der Waals surface area contributed by atoms with Crippen LogP contribution in [-0.4, -0.2) is 28.9 Å². The minimum atomic E-state index is -0.474. The highest BCUT2D eigenvalue weighted by molar-refractivity contribution is 9.10. The second kappa shape index (κ2) is 7.84. The van der Waals surface area contributed by atoms with Gasteiger partial charge in [-0.1, -0.05) is 15.9 Å². The maximum absolute atomic E-state index is 12.4. The topological polar surface area (TPSA) is 89.0 Å². The molecule has 0 aliphatic heterocycles. The van der Waals surface area contributed by atoms with Crippen molar-refractivity contribution in [2.75, 3.05) is 7.11 Å². The zero-order chi connectivity index (χ0) is 20.4. The molecule has 0 aliphatic carbocycles. The Labute approximate surface area is 174 Å². The van der Waals surface area contributed by atoms with Crippen LogP contribution in [0.2, 0.25) is 0 Å². The van der Waals surface area contributed by atoms with E-state index in [2.05, 4.69) is 26.5 Å². The zero-order valence-corrected chi connectivity index (χ0v) is 16.9. The van der Waals surface area contributed by atoms with Crippen LogP contribution in [0.3, 0.4) is 0 Å². The minimum absolute atomic E-state index is 0.127. The normalized spacial score (nSPS) is 11.2. The number of halogens is 1. The maximum atomic E-state index is 12.4. The summed E-state index contributed by atoms with van der Waals surface area (Å²) in [5.74, 6) is 0.377. The van der Waals surface area contributed by atoms with Gasteiger partial charge in [0.05, 0.1) is 19.0 Å². The average Bonchev–Trinajstić information content (AvgIpc) is 3.35. The van der Waals surface area contributed by atoms with Crippen LogP contribution < -0.4 is 10.2 Å². The molecule has 2 N–H and O–H groups in total. The third-order valence-electron chi connectivity index (χ3n) is 4.26. The molecule has 4 rings (SSSR count). The number of hydrazone groups is 1. The standard InChI is InChI=1S/C21H16BrN3O4/c1-28-18-11-14(22)9-13-10-19(29-20(13)18)21(27)24-23-12-16-3-2-8-25(16)15-4-6-17(26)7-5-15/h2-12,26H,1H3,(H,24,27)/b23-12-. The number of hydrogen-bond acceptors (Lipinski definition) is 5. The Morgan fingerprint density at radius 3 is 2.79 bits per heavy atom. The largest absolute Gasteiger partial charge is 0.508 e. The molecule has 0 saturated heterocycles. The highest BCUT2D eigenvalue weighted by Crippen LogP contribution is 2.32. The molecule has 2 aromatic heterocycles. The molecule has 2 heterocycles. The average molecular weight is 454 g/mol. The summed E-state index contributed by atoms with van der Waals surface area (Å²) in [5, 5.41) is 14.2. The number of aromatic nitrogens is 1. The van der Waals surface area contributed by atoms with E-state index in [1.165, 1.54) is 13.3 Å². The molecule has 0 saturated carbocycles. The Bertz CT molecular complexity index is 1210. The number of carbonyl (C=O) groups excluding carboxylic acids is 1. The van der Waals surface area contributed by atoms with Crippen LogP contribution in [0.15, 0.2) is 74.8 Å². The predicted molar refractivity (Wildman–Crippen MR) is 113 cm³/mol. The van der Waals surface area contributed by atoms with Gasteiger partial charge in [0.15, 0.2) is 17.1 Å². The summed E-state index contributed by atoms with van der Waals surface area (Å²) in [6, 6.07) is 15.7. The number of amides is 1. The molecule has 0 aliphatic rings. The van der Waals surface area contributed by atoms with E-state index < -0.39 is 5.91 Å². The summed E-state index contributed by atoms with van der Waals surface area (Å²) in [4.78, 5) is 12.4. The van der Waals surface area contributed by atoms with Crippen molar-refractivity contribution in [3.8, 4) is 17.2 Å². The molecular weight excluding hydrogens is 438 g/mol. The third-order valence-corrected chi connectivity index (χ3v) is 4.72. The van der Waals surface area contributed by atoms with E-state index in [9.17, 15) is 9.90 Å². The molecule has 0 unspecified atom stereocenters. The first-order valence-electron chi connectivity index (χ1n) is 8.62. The highest BCUT2D eigenvalue weighted by atomic mass is 79.9. The third kappa shape index (κ3) is 3.88. The van der Waals surface area contributed by atoms with Gasteiger partial charge in [-0.05, 0) is 54.6 Å². The lowest BCUT2D eigenvalue weighted by atomic mass is 10.2. The van der Waals surface area contributed by atoms with Crippen molar-refractivity contribution in [2.45, 2.75) is 0 Å². The number of phenols is 1. The van der Waals surface area contributed by atoms with Gasteiger partial charge in [0.1, 0.15) is 5.75 Å². The summed E-state index contributed by atoms with van der Waals surface area (Å²) in [6.45, 7) is 0. The number of fused-ring (bicyclic) bond motifs is 1. The zero-order valence-electron chi connectivity index (χ0n) is 15.3. The number of nitrogens with one attached hydrogen (secondary N) is 1. The lowest BCUT2D eigenvalue weighted by Gasteiger charge is -2.06. The molecular formula is C21H16BrN3O4. The van der Waals surface area contributed by atoms with Gasteiger partial charge in [0, 0.05) is 21.7 Å². The van der Waals surface area contributed by atoms with Crippen LogP contribution in [0.25, 0.3) is 16.7 Å². The first-order chi connectivity index (χ1) is 14.0. The number of aromatic hydroxyl groups is 1. The van der Waals surface area contributed by atoms with Crippen LogP contribution in [0, 0.1) is 0 Å². The fourth-order valence-corrected chi connectivity index (χ4v) is 3.36. The summed E-state index contributed by atoms with van der Waals surface area (Å²) in [6.07, 6.45) is 3.39. The van der Waals surface area contributed by atoms with E-state index in [0.717, 1.165) is 21.2 Å². The molecule has 0 spiro atoms. The van der Waals surface area contributed by atoms with E-state index in [1.54, 1.807) is 36.4 Å². The Hall–Kier alpha value is -3.52. The van der Waals surface area contributed by atoms with E-state index in [4.69, 9.17) is 9.15 Å². The van der Waals surface area contributed by atoms with Crippen LogP contribution in [-0.2, 0) is 0 Å². The monoisotopic (exact) mass is 453 g/mol. The Kier molecular flexibility index (Phi) is 5.09. The Balaban J connectivity index is 1.52. The highest BCUT2D eigenvalue weighted by Gasteiger charge is 2.15. The van der Waals surface area contributed by atoms with Gasteiger partial charge in [-0.3, -0.25) is 4.79 Å². The van der Waals surface area contributed by atoms with Crippen molar-refractivity contribution >= 4 is 39.0 Å². The van der Waals surface area contributed by atoms with Gasteiger partial charge in [0.2, 0.25) is 0 Å². The van der Waals surface area contributed by atoms with Crippen LogP contribution in [0.1, 0.15) is 16.2 Å². The van der Waals surface area contributed by atoms with Crippen molar-refractivity contribution in [1.29, 1.82) is 0 Å². The van der Waals surface area contributed by atoms with Crippen molar-refractivity contribution < 1.29 is 19.1 Å². The van der Waals surface area contributed by atoms with Gasteiger partial charge in [-0.15, -0.1) is 0 Å². The summed E-state index contributed by atoms with van der Waals surface area (Å²) >= 11 is 3.40. The van der Waals surface area contributed by atoms with Crippen LogP contribution in [0.5, 0.6) is 11.5 Å². The number of hydrogen-bond donors (Lipinski definition) is 2. The number of furan rings is 1. The lowest BCUT2D eigenvalue weighted by molar-refractivity contribution is 0.0929. The fraction of sp³-hybridized carbons (Fsp3) is 0.0476. The number of phenolic OH excluding ortho intramolecular Hbond substituents is 1. The van der Waals surface area contributed by atoms with Crippen LogP contribution in [0.4, 0.5) is 0 Å². The second-order valence-electron chi connectivity index (χ2n) is 6.16. The smallest absolute Gasteiger partial charge is 0.307 e. The predicted octanol–water partition coefficient (Wildman–Crippen LogP) is 4.46. The number of nitrogens with zero attached hydrogens (tertiary/aromatic N) is 2. The molecule has 7 nitrogen and oxygen atoms in total. The van der Waals surface area contributed by atoms with E-state index in [0.29, 0.717) is 11.3 Å². The van der Waals surface area contributed by atoms with Gasteiger partial charge >= 0.3 is 5.91 Å². The minimum Gasteiger partial charge on any atom is -0.508 e. The molecule has 2 aromatic carbocycles. The molecule has 0 fully saturated rings. The second-order valence-corrected chi connectivity index (χ2v) is 7.07. The first-order valence-corrected chi connectivity index (χ1v) is 9.41. The number of carbonyl (C=O) groups is 1. The number of benzene rings is 2. The van der Waals surface area contributed by atoms with E-state index >= 15 is 0 Å². The maximum Gasteiger partial charge on any atom is 0.307 e. The molecule has 1 amide bonds. The molecule has 4 aromatic rings. The van der Waals surface area contributed by atoms with E-state index in [-0.39, 0.29) is 11.5 Å². The summed E-state index contributed by atoms with van der Waals surface area (Å²) < 4.78 is 13.6. The van der Waals surface area contributed by atoms with Crippen LogP contribution >= 0.6 is 15.9 Å². The number of ether oxygens (including phenoxy) is 1. The quantitative estimate of drug-likeness (QED) is 0.344. The molecule has 0 atom stereocenters. The summed E-state index contributed by atoms with van der Waals surface area (Å²) in [7, 11) is 1.54. The van der Waals surface area contributed by atoms with Crippen molar-refractivity contribution in [2.24, 2.45) is 5.10 Å². The molecule has 8 heteroatoms. The Morgan fingerprint density at radius 2 is 2.03 bits per heavy atom. The van der Waals surface area contributed by atoms with Gasteiger partial charge in [0.25, 0.3) is 0 Å². The number of methoxy groups -OCH3 is 1. The van der Waals surface area contributed by atoms with Gasteiger partial charge in [-0.2, -0.15) is 5.10 Å². The first kappa shape index (κ1) is 18.8. The van der Waals surface area contributed by atoms with Gasteiger partial charge < -0.3 is 18.8 Å². The van der Waals surface area contributed by atoms with Gasteiger partial charge in [-0.25, -0.2) is 5.43 Å². The summed E-state index contributed by atoms with van der Waals surface area (Å²) in [5.41, 5.74) is 4.57. The van der Waals surface area contributed by atoms with Crippen molar-refractivity contribution in [1.82, 2.24) is 9.99 Å². The van der Waals surface area contributed by atoms with Crippen molar-refractivity contribution in [3.05, 3.63) is 76.7 Å². The van der Waals surface area contributed by atoms with E-state index in [1.807, 2.05) is 29.0 Å². The molecule has 146 valence electrons. The molecule has 29 heavy (non-hydrogen) atoms. The molecule has 0 radical (unpaired) electrons. The lowest BCUT2D eigenvalue weighted by Crippen LogP contribution is -2.17. The fourth-order valence-electron chi connectivity index (χ4n) is 2.91. The number of rotatable bonds is 5. The molecule has 0 bridgehead atoms. The SMILES string of the molecule is COc1cc(Br)cc2cc(C(=O)N/N=C\c3cccn3-c3ccc(O)cc3)oc12. The Morgan fingerprint density at radius 1 is 1.24 bits per heavy atom. The van der Waals surface area contributed by atoms with Crippen molar-refractivity contribution in [3.63, 3.8) is 0 Å².